The molecule has 1 aliphatic rings. The number of likely N-dealkylation sites (N-methyl/N-ethyl adjacent to an activating group) is 1. The zero-order valence-corrected chi connectivity index (χ0v) is 12.4. The number of hydrogen-bond donors (Lipinski definition) is 1. The maximum Gasteiger partial charge on any atom is 0.240 e. The fourth-order valence-electron chi connectivity index (χ4n) is 2.32. The average Bonchev–Trinajstić information content (AvgIpc) is 3.04. The van der Waals surface area contributed by atoms with Crippen LogP contribution in [0.5, 0.6) is 0 Å². The fourth-order valence-corrected chi connectivity index (χ4v) is 3.55. The molecule has 0 saturated carbocycles. The molecule has 1 aliphatic heterocycles. The summed E-state index contributed by atoms with van der Waals surface area (Å²) >= 11 is 1.78. The Morgan fingerprint density at radius 2 is 2.25 bits per heavy atom. The van der Waals surface area contributed by atoms with E-state index in [0.29, 0.717) is 18.3 Å². The Morgan fingerprint density at radius 3 is 3.00 bits per heavy atom. The van der Waals surface area contributed by atoms with E-state index in [4.69, 9.17) is 10.3 Å². The number of aromatic nitrogens is 2. The van der Waals surface area contributed by atoms with Gasteiger partial charge in [0.1, 0.15) is 0 Å². The van der Waals surface area contributed by atoms with Gasteiger partial charge >= 0.3 is 0 Å². The first-order chi connectivity index (χ1) is 9.63. The molecule has 2 heterocycles. The van der Waals surface area contributed by atoms with Gasteiger partial charge in [-0.25, -0.2) is 0 Å². The van der Waals surface area contributed by atoms with Crippen molar-refractivity contribution in [3.05, 3.63) is 41.5 Å². The van der Waals surface area contributed by atoms with Crippen LogP contribution in [0.1, 0.15) is 28.6 Å². The molecule has 20 heavy (non-hydrogen) atoms. The van der Waals surface area contributed by atoms with Gasteiger partial charge in [0.15, 0.2) is 5.82 Å². The van der Waals surface area contributed by atoms with Crippen molar-refractivity contribution in [3.8, 4) is 0 Å². The molecule has 3 rings (SSSR count). The molecule has 1 aromatic carbocycles. The molecule has 0 fully saturated rings. The highest BCUT2D eigenvalue weighted by Gasteiger charge is 2.28. The second kappa shape index (κ2) is 5.55. The Kier molecular flexibility index (Phi) is 3.78. The Morgan fingerprint density at radius 1 is 1.45 bits per heavy atom. The topological polar surface area (TPSA) is 68.2 Å². The minimum Gasteiger partial charge on any atom is -0.338 e. The molecule has 2 unspecified atom stereocenters. The molecule has 2 aromatic rings. The van der Waals surface area contributed by atoms with Crippen LogP contribution in [0.15, 0.2) is 33.7 Å². The van der Waals surface area contributed by atoms with Gasteiger partial charge in [-0.3, -0.25) is 0 Å². The molecule has 5 nitrogen and oxygen atoms in total. The van der Waals surface area contributed by atoms with Crippen molar-refractivity contribution in [2.45, 2.75) is 22.6 Å². The fraction of sp³-hybridized carbons (Fsp3) is 0.429. The smallest absolute Gasteiger partial charge is 0.240 e. The third kappa shape index (κ3) is 2.72. The monoisotopic (exact) mass is 290 g/mol. The standard InChI is InChI=1S/C14H18N4OS/c1-18(2)8-10(15)13-16-14(19-17-13)12-7-9-5-3-4-6-11(9)20-12/h3-6,10,12H,7-8,15H2,1-2H3. The number of fused-ring (bicyclic) bond motifs is 1. The quantitative estimate of drug-likeness (QED) is 0.929. The molecule has 0 bridgehead atoms. The largest absolute Gasteiger partial charge is 0.338 e. The summed E-state index contributed by atoms with van der Waals surface area (Å²) in [6.45, 7) is 0.705. The van der Waals surface area contributed by atoms with E-state index in [-0.39, 0.29) is 11.3 Å². The van der Waals surface area contributed by atoms with E-state index in [9.17, 15) is 0 Å². The van der Waals surface area contributed by atoms with E-state index >= 15 is 0 Å². The minimum absolute atomic E-state index is 0.209. The zero-order chi connectivity index (χ0) is 14.1. The Balaban J connectivity index is 1.73. The van der Waals surface area contributed by atoms with Crippen molar-refractivity contribution >= 4 is 11.8 Å². The van der Waals surface area contributed by atoms with E-state index in [2.05, 4.69) is 34.4 Å². The van der Waals surface area contributed by atoms with Gasteiger partial charge in [-0.2, -0.15) is 4.98 Å². The number of nitrogens with zero attached hydrogens (tertiary/aromatic N) is 3. The Bertz CT molecular complexity index is 573. The summed E-state index contributed by atoms with van der Waals surface area (Å²) in [6, 6.07) is 8.19. The molecule has 0 radical (unpaired) electrons. The van der Waals surface area contributed by atoms with Crippen molar-refractivity contribution in [1.29, 1.82) is 0 Å². The molecular formula is C14H18N4OS. The van der Waals surface area contributed by atoms with Crippen molar-refractivity contribution in [3.63, 3.8) is 0 Å². The summed E-state index contributed by atoms with van der Waals surface area (Å²) in [4.78, 5) is 7.79. The molecule has 2 N–H and O–H groups in total. The van der Waals surface area contributed by atoms with E-state index < -0.39 is 0 Å². The summed E-state index contributed by atoms with van der Waals surface area (Å²) in [5.74, 6) is 1.26. The maximum absolute atomic E-state index is 6.06. The summed E-state index contributed by atoms with van der Waals surface area (Å²) in [6.07, 6.45) is 0.936. The summed E-state index contributed by atoms with van der Waals surface area (Å²) in [7, 11) is 3.95. The molecule has 0 amide bonds. The molecule has 0 aliphatic carbocycles. The molecule has 0 saturated heterocycles. The van der Waals surface area contributed by atoms with E-state index in [1.165, 1.54) is 10.5 Å². The van der Waals surface area contributed by atoms with Crippen molar-refractivity contribution in [2.24, 2.45) is 5.73 Å². The van der Waals surface area contributed by atoms with Crippen LogP contribution in [0.3, 0.4) is 0 Å². The van der Waals surface area contributed by atoms with Gasteiger partial charge in [0.25, 0.3) is 0 Å². The van der Waals surface area contributed by atoms with Gasteiger partial charge in [0, 0.05) is 11.4 Å². The Labute approximate surface area is 122 Å². The van der Waals surface area contributed by atoms with Crippen molar-refractivity contribution in [1.82, 2.24) is 15.0 Å². The first-order valence-electron chi connectivity index (χ1n) is 6.62. The van der Waals surface area contributed by atoms with Crippen LogP contribution >= 0.6 is 11.8 Å². The predicted octanol–water partition coefficient (Wildman–Crippen LogP) is 2.02. The lowest BCUT2D eigenvalue weighted by Gasteiger charge is -2.12. The SMILES string of the molecule is CN(C)CC(N)c1noc(C2Cc3ccccc3S2)n1. The first kappa shape index (κ1) is 13.6. The van der Waals surface area contributed by atoms with Crippen LogP contribution in [0.25, 0.3) is 0 Å². The Hall–Kier alpha value is -1.37. The molecule has 2 atom stereocenters. The van der Waals surface area contributed by atoms with Crippen LogP contribution in [0, 0.1) is 0 Å². The number of nitrogens with two attached hydrogens (primary N) is 1. The summed E-state index contributed by atoms with van der Waals surface area (Å²) in [5, 5.41) is 4.23. The number of hydrogen-bond acceptors (Lipinski definition) is 6. The normalized spacial score (nSPS) is 19.3. The van der Waals surface area contributed by atoms with Gasteiger partial charge < -0.3 is 15.2 Å². The predicted molar refractivity (Wildman–Crippen MR) is 78.5 cm³/mol. The van der Waals surface area contributed by atoms with Crippen LogP contribution in [0.4, 0.5) is 0 Å². The zero-order valence-electron chi connectivity index (χ0n) is 11.6. The minimum atomic E-state index is -0.212. The van der Waals surface area contributed by atoms with Crippen LogP contribution in [-0.4, -0.2) is 35.7 Å². The summed E-state index contributed by atoms with van der Waals surface area (Å²) in [5.41, 5.74) is 7.41. The molecule has 0 spiro atoms. The van der Waals surface area contributed by atoms with Crippen molar-refractivity contribution in [2.75, 3.05) is 20.6 Å². The average molecular weight is 290 g/mol. The van der Waals surface area contributed by atoms with E-state index in [1.54, 1.807) is 11.8 Å². The highest BCUT2D eigenvalue weighted by molar-refractivity contribution is 7.99. The van der Waals surface area contributed by atoms with Crippen LogP contribution in [0.2, 0.25) is 0 Å². The van der Waals surface area contributed by atoms with Gasteiger partial charge in [-0.15, -0.1) is 11.8 Å². The molecular weight excluding hydrogens is 272 g/mol. The number of rotatable bonds is 4. The lowest BCUT2D eigenvalue weighted by molar-refractivity contribution is 0.346. The molecule has 1 aromatic heterocycles. The second-order valence-corrected chi connectivity index (χ2v) is 6.52. The number of benzene rings is 1. The third-order valence-corrected chi connectivity index (χ3v) is 4.58. The number of thioether (sulfide) groups is 1. The third-order valence-electron chi connectivity index (χ3n) is 3.27. The van der Waals surface area contributed by atoms with Crippen LogP contribution < -0.4 is 5.73 Å². The van der Waals surface area contributed by atoms with Gasteiger partial charge in [-0.05, 0) is 32.1 Å². The second-order valence-electron chi connectivity index (χ2n) is 5.28. The molecule has 6 heteroatoms. The van der Waals surface area contributed by atoms with E-state index in [1.807, 2.05) is 19.0 Å². The summed E-state index contributed by atoms with van der Waals surface area (Å²) < 4.78 is 5.40. The maximum atomic E-state index is 6.06. The highest BCUT2D eigenvalue weighted by atomic mass is 32.2. The van der Waals surface area contributed by atoms with E-state index in [0.717, 1.165) is 6.42 Å². The lowest BCUT2D eigenvalue weighted by atomic mass is 10.1. The van der Waals surface area contributed by atoms with Gasteiger partial charge in [-0.1, -0.05) is 23.4 Å². The highest BCUT2D eigenvalue weighted by Crippen LogP contribution is 2.45. The first-order valence-corrected chi connectivity index (χ1v) is 7.50. The molecule has 106 valence electrons. The van der Waals surface area contributed by atoms with Crippen LogP contribution in [-0.2, 0) is 6.42 Å². The lowest BCUT2D eigenvalue weighted by Crippen LogP contribution is -2.26. The van der Waals surface area contributed by atoms with Gasteiger partial charge in [0.05, 0.1) is 11.3 Å². The van der Waals surface area contributed by atoms with Crippen molar-refractivity contribution < 1.29 is 4.52 Å². The van der Waals surface area contributed by atoms with Gasteiger partial charge in [0.2, 0.25) is 5.89 Å².